The zero-order valence-electron chi connectivity index (χ0n) is 10.7. The van der Waals surface area contributed by atoms with Crippen LogP contribution in [-0.4, -0.2) is 39.7 Å². The first-order valence-corrected chi connectivity index (χ1v) is 9.11. The van der Waals surface area contributed by atoms with Crippen molar-refractivity contribution in [1.29, 1.82) is 0 Å². The van der Waals surface area contributed by atoms with Gasteiger partial charge in [-0.3, -0.25) is 0 Å². The maximum absolute atomic E-state index is 11.4. The van der Waals surface area contributed by atoms with Crippen molar-refractivity contribution < 1.29 is 8.42 Å². The van der Waals surface area contributed by atoms with Gasteiger partial charge in [-0.05, 0) is 18.8 Å². The molecule has 0 aromatic carbocycles. The predicted molar refractivity (Wildman–Crippen MR) is 73.1 cm³/mol. The van der Waals surface area contributed by atoms with E-state index in [1.165, 1.54) is 11.3 Å². The molecule has 0 bridgehead atoms. The van der Waals surface area contributed by atoms with Crippen LogP contribution in [-0.2, 0) is 22.7 Å². The third-order valence-electron chi connectivity index (χ3n) is 3.36. The van der Waals surface area contributed by atoms with E-state index in [0.717, 1.165) is 41.5 Å². The van der Waals surface area contributed by atoms with Crippen molar-refractivity contribution in [3.05, 3.63) is 10.8 Å². The molecular formula is C11H16N4O2S2. The lowest BCUT2D eigenvalue weighted by Gasteiger charge is -2.02. The van der Waals surface area contributed by atoms with Crippen molar-refractivity contribution >= 4 is 26.1 Å². The van der Waals surface area contributed by atoms with Gasteiger partial charge in [0, 0.05) is 12.8 Å². The lowest BCUT2D eigenvalue weighted by Crippen LogP contribution is -2.07. The van der Waals surface area contributed by atoms with Crippen molar-refractivity contribution in [3.8, 4) is 0 Å². The molecule has 104 valence electrons. The molecule has 3 rings (SSSR count). The lowest BCUT2D eigenvalue weighted by atomic mass is 10.1. The minimum Gasteiger partial charge on any atom is -0.229 e. The maximum atomic E-state index is 11.4. The number of aryl methyl sites for hydroxylation is 1. The first-order valence-electron chi connectivity index (χ1n) is 6.48. The van der Waals surface area contributed by atoms with E-state index in [2.05, 4.69) is 22.2 Å². The molecule has 0 radical (unpaired) electrons. The molecule has 1 saturated heterocycles. The Bertz CT molecular complexity index is 689. The molecular weight excluding hydrogens is 284 g/mol. The summed E-state index contributed by atoms with van der Waals surface area (Å²) < 4.78 is 24.7. The molecule has 1 fully saturated rings. The molecule has 2 aromatic heterocycles. The van der Waals surface area contributed by atoms with Crippen LogP contribution in [0, 0.1) is 5.92 Å². The Morgan fingerprint density at radius 2 is 2.26 bits per heavy atom. The molecule has 6 nitrogen and oxygen atoms in total. The molecule has 0 amide bonds. The van der Waals surface area contributed by atoms with Gasteiger partial charge in [0.25, 0.3) is 0 Å². The third kappa shape index (κ3) is 2.64. The summed E-state index contributed by atoms with van der Waals surface area (Å²) >= 11 is 1.51. The second kappa shape index (κ2) is 4.82. The standard InChI is InChI=1S/C11H16N4O2S2/c1-2-3-9-12-13-11-15(9)14-10(18-11)6-8-4-5-19(16,17)7-8/h8H,2-7H2,1H3/t8-/m1/s1. The molecule has 1 aliphatic heterocycles. The van der Waals surface area contributed by atoms with Gasteiger partial charge in [-0.15, -0.1) is 10.2 Å². The summed E-state index contributed by atoms with van der Waals surface area (Å²) in [5.41, 5.74) is 0. The number of rotatable bonds is 4. The molecule has 8 heteroatoms. The Morgan fingerprint density at radius 1 is 1.42 bits per heavy atom. The summed E-state index contributed by atoms with van der Waals surface area (Å²) in [7, 11) is -2.81. The monoisotopic (exact) mass is 300 g/mol. The molecule has 0 saturated carbocycles. The highest BCUT2D eigenvalue weighted by molar-refractivity contribution is 7.91. The van der Waals surface area contributed by atoms with Gasteiger partial charge in [-0.25, -0.2) is 8.42 Å². The van der Waals surface area contributed by atoms with E-state index in [-0.39, 0.29) is 5.92 Å². The van der Waals surface area contributed by atoms with Gasteiger partial charge >= 0.3 is 0 Å². The molecule has 0 spiro atoms. The Morgan fingerprint density at radius 3 is 2.95 bits per heavy atom. The van der Waals surface area contributed by atoms with Crippen molar-refractivity contribution in [1.82, 2.24) is 19.8 Å². The highest BCUT2D eigenvalue weighted by Crippen LogP contribution is 2.25. The topological polar surface area (TPSA) is 77.2 Å². The van der Waals surface area contributed by atoms with Crippen LogP contribution in [0.1, 0.15) is 30.6 Å². The Kier molecular flexibility index (Phi) is 3.30. The Labute approximate surface area is 115 Å². The highest BCUT2D eigenvalue weighted by Gasteiger charge is 2.29. The normalized spacial score (nSPS) is 22.3. The van der Waals surface area contributed by atoms with Gasteiger partial charge in [0.15, 0.2) is 15.7 Å². The minimum atomic E-state index is -2.81. The van der Waals surface area contributed by atoms with E-state index in [9.17, 15) is 8.42 Å². The first-order chi connectivity index (χ1) is 9.07. The SMILES string of the molecule is CCCc1nnc2sc(C[C@H]3CCS(=O)(=O)C3)nn12. The minimum absolute atomic E-state index is 0.212. The Hall–Kier alpha value is -1.02. The number of hydrogen-bond acceptors (Lipinski definition) is 6. The number of nitrogens with zero attached hydrogens (tertiary/aromatic N) is 4. The molecule has 1 aliphatic rings. The molecule has 0 unspecified atom stereocenters. The van der Waals surface area contributed by atoms with Crippen molar-refractivity contribution in [3.63, 3.8) is 0 Å². The van der Waals surface area contributed by atoms with E-state index in [1.807, 2.05) is 0 Å². The molecule has 0 N–H and O–H groups in total. The average molecular weight is 300 g/mol. The Balaban J connectivity index is 1.78. The van der Waals surface area contributed by atoms with Crippen molar-refractivity contribution in [2.24, 2.45) is 5.92 Å². The quantitative estimate of drug-likeness (QED) is 0.845. The summed E-state index contributed by atoms with van der Waals surface area (Å²) in [5.74, 6) is 1.72. The molecule has 1 atom stereocenters. The summed E-state index contributed by atoms with van der Waals surface area (Å²) in [4.78, 5) is 0.805. The van der Waals surface area contributed by atoms with E-state index < -0.39 is 9.84 Å². The second-order valence-corrected chi connectivity index (χ2v) is 8.30. The largest absolute Gasteiger partial charge is 0.234 e. The van der Waals surface area contributed by atoms with Gasteiger partial charge in [0.1, 0.15) is 5.01 Å². The van der Waals surface area contributed by atoms with Crippen LogP contribution in [0.2, 0.25) is 0 Å². The summed E-state index contributed by atoms with van der Waals surface area (Å²) in [6.45, 7) is 2.09. The fourth-order valence-electron chi connectivity index (χ4n) is 2.44. The second-order valence-electron chi connectivity index (χ2n) is 5.03. The van der Waals surface area contributed by atoms with Crippen LogP contribution in [0.15, 0.2) is 0 Å². The van der Waals surface area contributed by atoms with Crippen LogP contribution < -0.4 is 0 Å². The smallest absolute Gasteiger partial charge is 0.229 e. The van der Waals surface area contributed by atoms with Crippen LogP contribution in [0.25, 0.3) is 4.96 Å². The van der Waals surface area contributed by atoms with Gasteiger partial charge in [-0.2, -0.15) is 9.61 Å². The first kappa shape index (κ1) is 13.0. The number of aromatic nitrogens is 4. The lowest BCUT2D eigenvalue weighted by molar-refractivity contribution is 0.577. The van der Waals surface area contributed by atoms with Gasteiger partial charge in [0.2, 0.25) is 4.96 Å². The van der Waals surface area contributed by atoms with Crippen LogP contribution in [0.3, 0.4) is 0 Å². The number of hydrogen-bond donors (Lipinski definition) is 0. The molecule has 3 heterocycles. The molecule has 19 heavy (non-hydrogen) atoms. The van der Waals surface area contributed by atoms with E-state index >= 15 is 0 Å². The average Bonchev–Trinajstić information content (AvgIpc) is 2.97. The zero-order valence-corrected chi connectivity index (χ0v) is 12.4. The van der Waals surface area contributed by atoms with Crippen LogP contribution in [0.5, 0.6) is 0 Å². The maximum Gasteiger partial charge on any atom is 0.234 e. The molecule has 2 aromatic rings. The van der Waals surface area contributed by atoms with E-state index in [4.69, 9.17) is 0 Å². The summed E-state index contributed by atoms with van der Waals surface area (Å²) in [5, 5.41) is 13.7. The van der Waals surface area contributed by atoms with Crippen molar-refractivity contribution in [2.45, 2.75) is 32.6 Å². The van der Waals surface area contributed by atoms with Crippen molar-refractivity contribution in [2.75, 3.05) is 11.5 Å². The zero-order chi connectivity index (χ0) is 13.5. The van der Waals surface area contributed by atoms with Crippen LogP contribution >= 0.6 is 11.3 Å². The fourth-order valence-corrected chi connectivity index (χ4v) is 5.27. The molecule has 0 aliphatic carbocycles. The van der Waals surface area contributed by atoms with E-state index in [0.29, 0.717) is 11.5 Å². The summed E-state index contributed by atoms with van der Waals surface area (Å²) in [6.07, 6.45) is 3.36. The highest BCUT2D eigenvalue weighted by atomic mass is 32.2. The number of fused-ring (bicyclic) bond motifs is 1. The van der Waals surface area contributed by atoms with Crippen LogP contribution in [0.4, 0.5) is 0 Å². The van der Waals surface area contributed by atoms with Gasteiger partial charge in [-0.1, -0.05) is 18.3 Å². The number of sulfone groups is 1. The predicted octanol–water partition coefficient (Wildman–Crippen LogP) is 1.12. The van der Waals surface area contributed by atoms with E-state index in [1.54, 1.807) is 4.52 Å². The van der Waals surface area contributed by atoms with Gasteiger partial charge < -0.3 is 0 Å². The summed E-state index contributed by atoms with van der Waals surface area (Å²) in [6, 6.07) is 0. The van der Waals surface area contributed by atoms with Gasteiger partial charge in [0.05, 0.1) is 11.5 Å². The third-order valence-corrected chi connectivity index (χ3v) is 6.12. The fraction of sp³-hybridized carbons (Fsp3) is 0.727.